The van der Waals surface area contributed by atoms with Crippen molar-refractivity contribution < 1.29 is 0 Å². The van der Waals surface area contributed by atoms with Gasteiger partial charge in [0.15, 0.2) is 0 Å². The van der Waals surface area contributed by atoms with Crippen molar-refractivity contribution in [3.63, 3.8) is 0 Å². The van der Waals surface area contributed by atoms with Crippen LogP contribution in [-0.2, 0) is 0 Å². The lowest BCUT2D eigenvalue weighted by Crippen LogP contribution is -2.22. The van der Waals surface area contributed by atoms with E-state index >= 15 is 4.79 Å². The summed E-state index contributed by atoms with van der Waals surface area (Å²) in [6.07, 6.45) is 0. The molecule has 15 aromatic carbocycles. The number of benzene rings is 15. The molecule has 0 fully saturated rings. The fourth-order valence-corrected chi connectivity index (χ4v) is 13.3. The van der Waals surface area contributed by atoms with E-state index in [1.807, 2.05) is 21.3 Å². The molecule has 0 N–H and O–H groups in total. The Labute approximate surface area is 548 Å². The van der Waals surface area contributed by atoms with Gasteiger partial charge in [0.05, 0.1) is 22.4 Å². The van der Waals surface area contributed by atoms with E-state index in [1.54, 1.807) is 0 Å². The van der Waals surface area contributed by atoms with Crippen LogP contribution in [0.2, 0.25) is 0 Å². The summed E-state index contributed by atoms with van der Waals surface area (Å²) in [6.45, 7) is 0. The minimum absolute atomic E-state index is 0.190. The Bertz CT molecular complexity index is 4590. The number of hydrogen-bond donors (Lipinski definition) is 0. The molecule has 442 valence electrons. The molecule has 0 unspecified atom stereocenters. The summed E-state index contributed by atoms with van der Waals surface area (Å²) in [5.74, 6) is 0. The maximum atomic E-state index is 16.7. The monoisotopic (exact) mass is 1200 g/mol. The van der Waals surface area contributed by atoms with Crippen molar-refractivity contribution in [1.82, 2.24) is 9.13 Å². The van der Waals surface area contributed by atoms with Gasteiger partial charge in [-0.15, -0.1) is 0 Å². The summed E-state index contributed by atoms with van der Waals surface area (Å²) >= 11 is 0. The molecular formula is C91H62N2O. The van der Waals surface area contributed by atoms with Crippen molar-refractivity contribution >= 4 is 11.0 Å². The Morgan fingerprint density at radius 1 is 0.138 bits per heavy atom. The molecule has 1 aromatic heterocycles. The fourth-order valence-electron chi connectivity index (χ4n) is 13.3. The second kappa shape index (κ2) is 25.1. The van der Waals surface area contributed by atoms with Gasteiger partial charge >= 0.3 is 5.69 Å². The molecule has 0 aliphatic rings. The molecule has 0 aliphatic heterocycles. The quantitative estimate of drug-likeness (QED) is 0.107. The summed E-state index contributed by atoms with van der Waals surface area (Å²) in [7, 11) is 0. The highest BCUT2D eigenvalue weighted by Gasteiger charge is 2.22. The first-order valence-corrected chi connectivity index (χ1v) is 32.1. The van der Waals surface area contributed by atoms with Crippen molar-refractivity contribution in [2.75, 3.05) is 0 Å². The van der Waals surface area contributed by atoms with Gasteiger partial charge in [0.1, 0.15) is 0 Å². The first-order chi connectivity index (χ1) is 46.5. The number of aromatic nitrogens is 2. The van der Waals surface area contributed by atoms with Crippen LogP contribution in [0.5, 0.6) is 0 Å². The van der Waals surface area contributed by atoms with Gasteiger partial charge in [-0.2, -0.15) is 0 Å². The van der Waals surface area contributed by atoms with E-state index in [0.29, 0.717) is 0 Å². The highest BCUT2D eigenvalue weighted by molar-refractivity contribution is 5.91. The smallest absolute Gasteiger partial charge is 0.260 e. The average Bonchev–Trinajstić information content (AvgIpc) is 1.55. The zero-order chi connectivity index (χ0) is 62.7. The topological polar surface area (TPSA) is 26.9 Å². The highest BCUT2D eigenvalue weighted by Crippen LogP contribution is 2.42. The van der Waals surface area contributed by atoms with Gasteiger partial charge in [0, 0.05) is 0 Å². The van der Waals surface area contributed by atoms with Gasteiger partial charge in [-0.1, -0.05) is 255 Å². The SMILES string of the molecule is O=c1n(-c2cc(-c3cc(-c4ccccc4)cc(-c4ccccc4)c3)cc(-c3cc(-c4ccccc4)cc(-c4ccccc4)c3)c2)c2ccccc2n1-c1cc(-c2cc(-c3ccccc3)cc(-c3ccccc3)c2)cc(-c2cc(-c3ccccc3)cc(-c3ccccc3)c2)c1. The second-order valence-electron chi connectivity index (χ2n) is 24.1. The Morgan fingerprint density at radius 2 is 0.266 bits per heavy atom. The molecule has 0 aliphatic carbocycles. The predicted molar refractivity (Wildman–Crippen MR) is 394 cm³/mol. The van der Waals surface area contributed by atoms with Crippen LogP contribution in [0.25, 0.3) is 156 Å². The standard InChI is InChI=1S/C91H62N2O/c94-91-92(87-59-83(79-49-71(63-27-9-1-10-28-63)45-72(50-79)64-29-11-2-12-30-64)57-84(60-87)80-51-73(65-31-13-3-14-32-65)46-74(52-80)66-33-15-4-16-34-66)89-43-25-26-44-90(89)93(91)88-61-85(81-53-75(67-35-17-5-18-36-67)47-76(54-81)68-37-19-6-20-38-68)58-86(62-88)82-55-77(69-39-21-7-22-40-69)48-78(56-82)70-41-23-8-24-42-70/h1-62H. The Hall–Kier alpha value is -12.4. The minimum Gasteiger partial charge on any atom is -0.260 e. The van der Waals surface area contributed by atoms with Crippen molar-refractivity contribution in [3.8, 4) is 145 Å². The van der Waals surface area contributed by atoms with Crippen molar-refractivity contribution in [2.24, 2.45) is 0 Å². The number of nitrogens with zero attached hydrogens (tertiary/aromatic N) is 2. The Kier molecular flexibility index (Phi) is 15.2. The summed E-state index contributed by atoms with van der Waals surface area (Å²) in [5, 5.41) is 0. The van der Waals surface area contributed by atoms with Gasteiger partial charge in [-0.3, -0.25) is 9.13 Å². The number of hydrogen-bond acceptors (Lipinski definition) is 1. The normalized spacial score (nSPS) is 11.2. The van der Waals surface area contributed by atoms with E-state index in [1.165, 1.54) is 0 Å². The van der Waals surface area contributed by atoms with Crippen LogP contribution in [0.15, 0.2) is 381 Å². The molecule has 0 saturated carbocycles. The lowest BCUT2D eigenvalue weighted by molar-refractivity contribution is 0.931. The molecule has 94 heavy (non-hydrogen) atoms. The third-order valence-corrected chi connectivity index (χ3v) is 18.0. The zero-order valence-electron chi connectivity index (χ0n) is 51.6. The molecule has 0 saturated heterocycles. The molecule has 3 nitrogen and oxygen atoms in total. The molecule has 0 atom stereocenters. The maximum Gasteiger partial charge on any atom is 0.338 e. The van der Waals surface area contributed by atoms with Crippen LogP contribution < -0.4 is 5.69 Å². The molecular weight excluding hydrogens is 1140 g/mol. The van der Waals surface area contributed by atoms with Crippen LogP contribution >= 0.6 is 0 Å². The summed E-state index contributed by atoms with van der Waals surface area (Å²) in [4.78, 5) is 16.7. The molecule has 0 radical (unpaired) electrons. The van der Waals surface area contributed by atoms with E-state index in [0.717, 1.165) is 156 Å². The zero-order valence-corrected chi connectivity index (χ0v) is 51.6. The Balaban J connectivity index is 0.961. The van der Waals surface area contributed by atoms with E-state index in [-0.39, 0.29) is 5.69 Å². The first-order valence-electron chi connectivity index (χ1n) is 32.1. The number of fused-ring (bicyclic) bond motifs is 1. The largest absolute Gasteiger partial charge is 0.338 e. The van der Waals surface area contributed by atoms with Crippen LogP contribution in [0.4, 0.5) is 0 Å². The van der Waals surface area contributed by atoms with Crippen molar-refractivity contribution in [2.45, 2.75) is 0 Å². The molecule has 0 spiro atoms. The van der Waals surface area contributed by atoms with Crippen LogP contribution in [0.3, 0.4) is 0 Å². The highest BCUT2D eigenvalue weighted by atomic mass is 16.1. The lowest BCUT2D eigenvalue weighted by Gasteiger charge is -2.17. The fraction of sp³-hybridized carbons (Fsp3) is 0. The minimum atomic E-state index is -0.190. The molecule has 16 rings (SSSR count). The van der Waals surface area contributed by atoms with Gasteiger partial charge in [-0.05, 0) is 255 Å². The predicted octanol–water partition coefficient (Wildman–Crippen LogP) is 23.8. The first kappa shape index (κ1) is 56.8. The van der Waals surface area contributed by atoms with E-state index in [2.05, 4.69) is 364 Å². The Morgan fingerprint density at radius 3 is 0.426 bits per heavy atom. The number of imidazole rings is 1. The molecule has 0 bridgehead atoms. The third-order valence-electron chi connectivity index (χ3n) is 18.0. The van der Waals surface area contributed by atoms with Crippen molar-refractivity contribution in [3.05, 3.63) is 387 Å². The number of para-hydroxylation sites is 2. The summed E-state index contributed by atoms with van der Waals surface area (Å²) < 4.78 is 3.86. The van der Waals surface area contributed by atoms with Crippen LogP contribution in [-0.4, -0.2) is 9.13 Å². The number of rotatable bonds is 14. The molecule has 1 heterocycles. The third kappa shape index (κ3) is 11.5. The summed E-state index contributed by atoms with van der Waals surface area (Å²) in [5.41, 5.74) is 28.6. The lowest BCUT2D eigenvalue weighted by atomic mass is 9.90. The van der Waals surface area contributed by atoms with Gasteiger partial charge in [0.25, 0.3) is 0 Å². The van der Waals surface area contributed by atoms with E-state index in [4.69, 9.17) is 0 Å². The van der Waals surface area contributed by atoms with Crippen molar-refractivity contribution in [1.29, 1.82) is 0 Å². The van der Waals surface area contributed by atoms with Crippen LogP contribution in [0, 0.1) is 0 Å². The molecule has 0 amide bonds. The van der Waals surface area contributed by atoms with E-state index in [9.17, 15) is 0 Å². The molecule has 16 aromatic rings. The van der Waals surface area contributed by atoms with Gasteiger partial charge in [0.2, 0.25) is 0 Å². The average molecular weight is 1200 g/mol. The van der Waals surface area contributed by atoms with Gasteiger partial charge < -0.3 is 0 Å². The molecule has 3 heteroatoms. The van der Waals surface area contributed by atoms with E-state index < -0.39 is 0 Å². The summed E-state index contributed by atoms with van der Waals surface area (Å²) in [6, 6.07) is 134. The van der Waals surface area contributed by atoms with Gasteiger partial charge in [-0.25, -0.2) is 4.79 Å². The van der Waals surface area contributed by atoms with Crippen LogP contribution in [0.1, 0.15) is 0 Å². The second-order valence-corrected chi connectivity index (χ2v) is 24.1. The maximum absolute atomic E-state index is 16.7.